The molecule has 0 aliphatic rings. The van der Waals surface area contributed by atoms with Crippen LogP contribution in [0.3, 0.4) is 0 Å². The molecule has 0 aliphatic carbocycles. The van der Waals surface area contributed by atoms with Crippen molar-refractivity contribution in [3.8, 4) is 0 Å². The van der Waals surface area contributed by atoms with Crippen LogP contribution in [0.1, 0.15) is 38.9 Å². The maximum atomic E-state index is 6.32. The van der Waals surface area contributed by atoms with Gasteiger partial charge in [0.25, 0.3) is 0 Å². The molecule has 7 rings (SSSR count). The molecule has 0 radical (unpaired) electrons. The van der Waals surface area contributed by atoms with Crippen LogP contribution in [-0.2, 0) is 5.75 Å². The van der Waals surface area contributed by atoms with E-state index >= 15 is 0 Å². The predicted molar refractivity (Wildman–Crippen MR) is 296 cm³/mol. The van der Waals surface area contributed by atoms with E-state index in [1.54, 1.807) is 70.6 Å². The highest BCUT2D eigenvalue weighted by Crippen LogP contribution is 2.55. The SMILES string of the molecule is S=C(SCc1c(SC(=S)c2ccccc2)c(SC(=S)c2ccccc2)c(SC(=S)c2ccccc2)c(SC(=S)c2ccccc2)c1SC(=S)c1ccccc1)c1ccccc1. The second kappa shape index (κ2) is 23.2. The lowest BCUT2D eigenvalue weighted by molar-refractivity contribution is 0.925. The molecular weight excluding hydrogens is 973 g/mol. The van der Waals surface area contributed by atoms with Gasteiger partial charge < -0.3 is 0 Å². The molecule has 0 aromatic heterocycles. The van der Waals surface area contributed by atoms with E-state index in [4.69, 9.17) is 73.3 Å². The van der Waals surface area contributed by atoms with Gasteiger partial charge in [0.05, 0.1) is 25.2 Å². The van der Waals surface area contributed by atoms with Crippen LogP contribution in [0.5, 0.6) is 0 Å². The van der Waals surface area contributed by atoms with E-state index in [1.807, 2.05) is 121 Å². The topological polar surface area (TPSA) is 0 Å². The third-order valence-corrected chi connectivity index (χ3v) is 18.5. The first-order chi connectivity index (χ1) is 29.8. The number of hydrogen-bond donors (Lipinski definition) is 0. The molecule has 0 nitrogen and oxygen atoms in total. The normalized spacial score (nSPS) is 10.8. The van der Waals surface area contributed by atoms with Gasteiger partial charge in [0.2, 0.25) is 0 Å². The Morgan fingerprint density at radius 3 is 0.705 bits per heavy atom. The zero-order valence-corrected chi connectivity index (χ0v) is 41.7. The maximum absolute atomic E-state index is 6.32. The fraction of sp³-hybridized carbons (Fsp3) is 0.0204. The molecule has 7 aromatic carbocycles. The van der Waals surface area contributed by atoms with Crippen LogP contribution in [0.4, 0.5) is 0 Å². The van der Waals surface area contributed by atoms with Crippen LogP contribution < -0.4 is 0 Å². The molecular formula is C49H32S12. The van der Waals surface area contributed by atoms with Gasteiger partial charge in [0.1, 0.15) is 0 Å². The summed E-state index contributed by atoms with van der Waals surface area (Å²) in [6.45, 7) is 0. The first-order valence-corrected chi connectivity index (χ1v) is 26.1. The Kier molecular flexibility index (Phi) is 17.6. The summed E-state index contributed by atoms with van der Waals surface area (Å²) in [6.07, 6.45) is 0. The number of hydrogen-bond acceptors (Lipinski definition) is 12. The average Bonchev–Trinajstić information content (AvgIpc) is 3.32. The van der Waals surface area contributed by atoms with Crippen LogP contribution in [0.2, 0.25) is 0 Å². The summed E-state index contributed by atoms with van der Waals surface area (Å²) >= 11 is 47.2. The summed E-state index contributed by atoms with van der Waals surface area (Å²) in [6, 6.07) is 60.8. The van der Waals surface area contributed by atoms with E-state index in [2.05, 4.69) is 60.7 Å². The maximum Gasteiger partial charge on any atom is 0.0826 e. The number of rotatable bonds is 13. The second-order valence-corrected chi connectivity index (χ2v) is 22.9. The van der Waals surface area contributed by atoms with Gasteiger partial charge in [-0.1, -0.05) is 314 Å². The minimum absolute atomic E-state index is 0.526. The first kappa shape index (κ1) is 46.2. The Morgan fingerprint density at radius 2 is 0.459 bits per heavy atom. The lowest BCUT2D eigenvalue weighted by Gasteiger charge is -2.26. The lowest BCUT2D eigenvalue weighted by Crippen LogP contribution is -2.07. The van der Waals surface area contributed by atoms with Gasteiger partial charge in [-0.05, 0) is 38.9 Å². The van der Waals surface area contributed by atoms with Crippen molar-refractivity contribution in [2.45, 2.75) is 30.2 Å². The minimum Gasteiger partial charge on any atom is -0.109 e. The zero-order valence-electron chi connectivity index (χ0n) is 31.9. The third kappa shape index (κ3) is 12.5. The Hall–Kier alpha value is -2.82. The molecule has 61 heavy (non-hydrogen) atoms. The van der Waals surface area contributed by atoms with Crippen LogP contribution in [0.15, 0.2) is 206 Å². The fourth-order valence-electron chi connectivity index (χ4n) is 5.74. The molecule has 300 valence electrons. The van der Waals surface area contributed by atoms with E-state index in [0.29, 0.717) is 5.75 Å². The summed E-state index contributed by atoms with van der Waals surface area (Å²) < 4.78 is 4.41. The number of thiocarbonyl (C=S) groups is 6. The van der Waals surface area contributed by atoms with Gasteiger partial charge in [0.15, 0.2) is 0 Å². The van der Waals surface area contributed by atoms with Crippen LogP contribution in [0.25, 0.3) is 0 Å². The molecule has 7 aromatic rings. The van der Waals surface area contributed by atoms with Crippen molar-refractivity contribution in [3.05, 3.63) is 221 Å². The summed E-state index contributed by atoms with van der Waals surface area (Å²) in [5.74, 6) is 0.526. The number of benzene rings is 7. The van der Waals surface area contributed by atoms with Gasteiger partial charge in [-0.2, -0.15) is 0 Å². The van der Waals surface area contributed by atoms with Gasteiger partial charge >= 0.3 is 0 Å². The predicted octanol–water partition coefficient (Wildman–Crippen LogP) is 16.6. The Labute approximate surface area is 415 Å². The average molecular weight is 1010 g/mol. The standard InChI is InChI=1S/C49H32S12/c50-44(32-19-7-1-8-20-32)56-31-38-39(57-45(51)33-21-9-2-10-22-33)41(59-47(53)35-25-13-4-14-26-35)43(61-49(55)37-29-17-6-18-30-37)42(60-48(54)36-27-15-5-16-28-36)40(38)58-46(52)34-23-11-3-12-24-34/h1-30H,31H2. The van der Waals surface area contributed by atoms with Crippen molar-refractivity contribution < 1.29 is 0 Å². The highest BCUT2D eigenvalue weighted by molar-refractivity contribution is 8.29. The van der Waals surface area contributed by atoms with Crippen molar-refractivity contribution in [1.82, 2.24) is 0 Å². The summed E-state index contributed by atoms with van der Waals surface area (Å²) in [7, 11) is 0. The molecule has 0 aliphatic heterocycles. The third-order valence-electron chi connectivity index (χ3n) is 8.75. The molecule has 0 heterocycles. The monoisotopic (exact) mass is 1000 g/mol. The summed E-state index contributed by atoms with van der Waals surface area (Å²) in [5, 5.41) is 0. The molecule has 0 amide bonds. The Bertz CT molecular complexity index is 2560. The molecule has 0 spiro atoms. The van der Waals surface area contributed by atoms with Crippen LogP contribution >= 0.6 is 144 Å². The van der Waals surface area contributed by atoms with Crippen molar-refractivity contribution >= 4 is 169 Å². The quantitative estimate of drug-likeness (QED) is 0.0798. The van der Waals surface area contributed by atoms with Crippen molar-refractivity contribution in [2.75, 3.05) is 0 Å². The van der Waals surface area contributed by atoms with Gasteiger partial charge in [0, 0.05) is 30.2 Å². The highest BCUT2D eigenvalue weighted by atomic mass is 32.2. The van der Waals surface area contributed by atoms with Crippen molar-refractivity contribution in [3.63, 3.8) is 0 Å². The second-order valence-electron chi connectivity index (χ2n) is 12.8. The van der Waals surface area contributed by atoms with Gasteiger partial charge in [-0.25, -0.2) is 0 Å². The largest absolute Gasteiger partial charge is 0.109 e. The molecule has 0 N–H and O–H groups in total. The zero-order chi connectivity index (χ0) is 42.6. The van der Waals surface area contributed by atoms with E-state index in [9.17, 15) is 0 Å². The van der Waals surface area contributed by atoms with Crippen molar-refractivity contribution in [2.24, 2.45) is 0 Å². The summed E-state index contributed by atoms with van der Waals surface area (Å²) in [4.78, 5) is 4.81. The molecule has 0 saturated carbocycles. The van der Waals surface area contributed by atoms with Gasteiger partial charge in [-0.3, -0.25) is 0 Å². The summed E-state index contributed by atoms with van der Waals surface area (Å²) in [5.41, 5.74) is 6.78. The number of thioether (sulfide) groups is 6. The minimum atomic E-state index is 0.526. The van der Waals surface area contributed by atoms with E-state index in [-0.39, 0.29) is 0 Å². The van der Waals surface area contributed by atoms with E-state index < -0.39 is 0 Å². The van der Waals surface area contributed by atoms with Gasteiger partial charge in [-0.15, -0.1) is 11.8 Å². The first-order valence-electron chi connectivity index (χ1n) is 18.6. The van der Waals surface area contributed by atoms with E-state index in [1.165, 1.54) is 0 Å². The molecule has 12 heteroatoms. The smallest absolute Gasteiger partial charge is 0.0826 e. The molecule has 0 bridgehead atoms. The molecule has 0 saturated heterocycles. The van der Waals surface area contributed by atoms with E-state index in [0.717, 1.165) is 88.6 Å². The Morgan fingerprint density at radius 1 is 0.262 bits per heavy atom. The van der Waals surface area contributed by atoms with Crippen molar-refractivity contribution in [1.29, 1.82) is 0 Å². The van der Waals surface area contributed by atoms with Crippen LogP contribution in [-0.4, -0.2) is 25.2 Å². The molecule has 0 atom stereocenters. The Balaban J connectivity index is 1.53. The lowest BCUT2D eigenvalue weighted by atomic mass is 10.2. The highest BCUT2D eigenvalue weighted by Gasteiger charge is 2.31. The molecule has 0 unspecified atom stereocenters. The fourth-order valence-corrected chi connectivity index (χ4v) is 14.7. The molecule has 0 fully saturated rings. The van der Waals surface area contributed by atoms with Crippen LogP contribution in [0, 0.1) is 0 Å².